The smallest absolute Gasteiger partial charge is 0.271 e. The largest absolute Gasteiger partial charge is 0.496 e. The summed E-state index contributed by atoms with van der Waals surface area (Å²) in [5.74, 6) is 0.424. The van der Waals surface area contributed by atoms with Gasteiger partial charge in [-0.1, -0.05) is 168 Å². The van der Waals surface area contributed by atoms with Gasteiger partial charge in [-0.2, -0.15) is 0 Å². The molecule has 0 aliphatic heterocycles. The second kappa shape index (κ2) is 21.8. The first-order chi connectivity index (χ1) is 35.4. The maximum atomic E-state index is 13.8. The molecular formula is C62H74N2O10S2. The van der Waals surface area contributed by atoms with Gasteiger partial charge in [0.1, 0.15) is 23.0 Å². The second-order valence-electron chi connectivity index (χ2n) is 23.9. The predicted octanol–water partition coefficient (Wildman–Crippen LogP) is 11.3. The summed E-state index contributed by atoms with van der Waals surface area (Å²) in [6, 6.07) is 32.4. The lowest BCUT2D eigenvalue weighted by Crippen LogP contribution is -2.34. The number of hydrogen-bond acceptors (Lipinski definition) is 10. The fourth-order valence-electron chi connectivity index (χ4n) is 9.47. The number of carbonyl (C=O) groups excluding carboxylic acids is 2. The van der Waals surface area contributed by atoms with E-state index in [4.69, 9.17) is 18.9 Å². The SMILES string of the molecule is COc1c2cc(C(C)(C)C)cc1Cc1cc(C(C)(C)C)cc(c1OCC(=O)NS(=O)(=O)c1ccccc1)Cc1cc(C(C)(C)C)cc(c1OC)Cc1cc(C(C)(C)C)cc(c1OCC(=O)NS(=O)(=O)c1ccccc1)C2. The molecule has 0 radical (unpaired) electrons. The number of amides is 2. The highest BCUT2D eigenvalue weighted by Gasteiger charge is 2.30. The summed E-state index contributed by atoms with van der Waals surface area (Å²) in [7, 11) is -5.12. The van der Waals surface area contributed by atoms with Crippen LogP contribution in [0.4, 0.5) is 0 Å². The number of rotatable bonds is 12. The van der Waals surface area contributed by atoms with Crippen LogP contribution in [0.3, 0.4) is 0 Å². The summed E-state index contributed by atoms with van der Waals surface area (Å²) in [6.07, 6.45) is 1.14. The topological polar surface area (TPSA) is 163 Å². The molecule has 0 heterocycles. The molecule has 2 N–H and O–H groups in total. The highest BCUT2D eigenvalue weighted by Crippen LogP contribution is 2.44. The highest BCUT2D eigenvalue weighted by atomic mass is 32.2. The fourth-order valence-corrected chi connectivity index (χ4v) is 11.5. The molecule has 1 aliphatic rings. The summed E-state index contributed by atoms with van der Waals surface area (Å²) < 4.78 is 84.2. The normalized spacial score (nSPS) is 13.3. The van der Waals surface area contributed by atoms with Crippen LogP contribution in [0, 0.1) is 0 Å². The number of hydrogen-bond donors (Lipinski definition) is 2. The van der Waals surface area contributed by atoms with Crippen LogP contribution in [0.5, 0.6) is 23.0 Å². The fraction of sp³-hybridized carbons (Fsp3) is 0.387. The minimum Gasteiger partial charge on any atom is -0.496 e. The number of sulfonamides is 2. The molecule has 404 valence electrons. The quantitative estimate of drug-likeness (QED) is 0.120. The molecule has 0 saturated carbocycles. The van der Waals surface area contributed by atoms with Gasteiger partial charge in [-0.15, -0.1) is 0 Å². The third kappa shape index (κ3) is 13.3. The van der Waals surface area contributed by atoms with Crippen molar-refractivity contribution in [2.75, 3.05) is 27.4 Å². The first-order valence-corrected chi connectivity index (χ1v) is 28.5. The third-order valence-electron chi connectivity index (χ3n) is 13.7. The molecule has 0 aromatic heterocycles. The molecule has 76 heavy (non-hydrogen) atoms. The van der Waals surface area contributed by atoms with Crippen LogP contribution in [0.2, 0.25) is 0 Å². The van der Waals surface area contributed by atoms with Gasteiger partial charge >= 0.3 is 0 Å². The average molecular weight is 1070 g/mol. The third-order valence-corrected chi connectivity index (χ3v) is 16.4. The standard InChI is InChI=1S/C62H74N2O10S2/c1-59(2,3)47-29-39-25-43-33-49(61(7,8)9)35-45(57(43)73-37-53(65)63-75(67,68)51-21-17-15-18-22-51)27-41-31-48(60(4,5)6)32-42(56(41)72-14)28-46-36-50(62(10,11)12)34-44(26-40(30-47)55(39)71-13)58(46)74-38-54(66)64-76(69,70)52-23-19-16-20-24-52/h15-24,29-36H,25-28,37-38H2,1-14H3,(H,63,65)(H,64,66). The molecule has 7 rings (SSSR count). The van der Waals surface area contributed by atoms with Crippen molar-refractivity contribution in [3.05, 3.63) is 176 Å². The first-order valence-electron chi connectivity index (χ1n) is 25.6. The Bertz CT molecular complexity index is 3060. The van der Waals surface area contributed by atoms with Crippen molar-refractivity contribution in [1.82, 2.24) is 9.44 Å². The van der Waals surface area contributed by atoms with E-state index in [1.165, 1.54) is 24.3 Å². The molecule has 2 amide bonds. The Morgan fingerprint density at radius 2 is 0.618 bits per heavy atom. The Morgan fingerprint density at radius 3 is 0.829 bits per heavy atom. The second-order valence-corrected chi connectivity index (χ2v) is 27.2. The van der Waals surface area contributed by atoms with Gasteiger partial charge in [0.25, 0.3) is 31.9 Å². The van der Waals surface area contributed by atoms with Gasteiger partial charge in [0.05, 0.1) is 24.0 Å². The minimum atomic E-state index is -4.20. The van der Waals surface area contributed by atoms with Crippen molar-refractivity contribution in [3.63, 3.8) is 0 Å². The maximum absolute atomic E-state index is 13.8. The van der Waals surface area contributed by atoms with E-state index in [9.17, 15) is 26.4 Å². The van der Waals surface area contributed by atoms with Crippen molar-refractivity contribution < 1.29 is 45.4 Å². The molecular weight excluding hydrogens is 997 g/mol. The Labute approximate surface area is 451 Å². The van der Waals surface area contributed by atoms with Crippen LogP contribution in [0.1, 0.15) is 150 Å². The summed E-state index contributed by atoms with van der Waals surface area (Å²) in [5.41, 5.74) is 9.08. The summed E-state index contributed by atoms with van der Waals surface area (Å²) in [6.45, 7) is 24.5. The van der Waals surface area contributed by atoms with Gasteiger partial charge in [-0.05, 0) is 113 Å². The van der Waals surface area contributed by atoms with Crippen molar-refractivity contribution in [1.29, 1.82) is 0 Å². The zero-order valence-corrected chi connectivity index (χ0v) is 48.2. The molecule has 1 aliphatic carbocycles. The Hall–Kier alpha value is -6.64. The van der Waals surface area contributed by atoms with Crippen molar-refractivity contribution >= 4 is 31.9 Å². The number of ether oxygens (including phenoxy) is 4. The summed E-state index contributed by atoms with van der Waals surface area (Å²) >= 11 is 0. The van der Waals surface area contributed by atoms with Crippen molar-refractivity contribution in [2.45, 2.75) is 140 Å². The van der Waals surface area contributed by atoms with Crippen molar-refractivity contribution in [3.8, 4) is 23.0 Å². The first kappa shape index (κ1) is 57.1. The molecule has 14 heteroatoms. The van der Waals surface area contributed by atoms with Gasteiger partial charge < -0.3 is 18.9 Å². The van der Waals surface area contributed by atoms with E-state index in [1.54, 1.807) is 50.6 Å². The molecule has 0 fully saturated rings. The lowest BCUT2D eigenvalue weighted by atomic mass is 9.79. The van der Waals surface area contributed by atoms with Gasteiger partial charge in [0.2, 0.25) is 0 Å². The number of benzene rings is 6. The van der Waals surface area contributed by atoms with Gasteiger partial charge in [0.15, 0.2) is 13.2 Å². The van der Waals surface area contributed by atoms with Crippen LogP contribution in [-0.4, -0.2) is 56.1 Å². The van der Waals surface area contributed by atoms with E-state index >= 15 is 0 Å². The summed E-state index contributed by atoms with van der Waals surface area (Å²) in [4.78, 5) is 27.4. The molecule has 6 aromatic carbocycles. The Kier molecular flexibility index (Phi) is 16.3. The van der Waals surface area contributed by atoms with E-state index in [1.807, 2.05) is 0 Å². The highest BCUT2D eigenvalue weighted by molar-refractivity contribution is 7.90. The zero-order chi connectivity index (χ0) is 55.8. The average Bonchev–Trinajstić information content (AvgIpc) is 3.32. The van der Waals surface area contributed by atoms with Crippen LogP contribution >= 0.6 is 0 Å². The summed E-state index contributed by atoms with van der Waals surface area (Å²) in [5, 5.41) is 0. The number of methoxy groups -OCH3 is 2. The molecule has 0 spiro atoms. The number of fused-ring (bicyclic) bond motifs is 8. The van der Waals surface area contributed by atoms with Crippen LogP contribution in [0.15, 0.2) is 119 Å². The lowest BCUT2D eigenvalue weighted by Gasteiger charge is -2.29. The molecule has 12 nitrogen and oxygen atoms in total. The van der Waals surface area contributed by atoms with Gasteiger partial charge in [-0.25, -0.2) is 26.3 Å². The van der Waals surface area contributed by atoms with Crippen LogP contribution < -0.4 is 28.4 Å². The van der Waals surface area contributed by atoms with E-state index in [2.05, 4.69) is 141 Å². The predicted molar refractivity (Wildman–Crippen MR) is 299 cm³/mol. The number of carbonyl (C=O) groups is 2. The molecule has 0 saturated heterocycles. The molecule has 0 unspecified atom stereocenters. The maximum Gasteiger partial charge on any atom is 0.271 e. The Balaban J connectivity index is 1.50. The van der Waals surface area contributed by atoms with E-state index in [0.717, 1.165) is 66.8 Å². The molecule has 0 atom stereocenters. The van der Waals surface area contributed by atoms with Crippen LogP contribution in [0.25, 0.3) is 0 Å². The van der Waals surface area contributed by atoms with Gasteiger partial charge in [0, 0.05) is 25.7 Å². The minimum absolute atomic E-state index is 0.0464. The lowest BCUT2D eigenvalue weighted by molar-refractivity contribution is -0.122. The van der Waals surface area contributed by atoms with Gasteiger partial charge in [-0.3, -0.25) is 9.59 Å². The monoisotopic (exact) mass is 1070 g/mol. The van der Waals surface area contributed by atoms with E-state index in [-0.39, 0.29) is 57.1 Å². The van der Waals surface area contributed by atoms with Crippen molar-refractivity contribution in [2.24, 2.45) is 0 Å². The Morgan fingerprint density at radius 1 is 0.395 bits per heavy atom. The van der Waals surface area contributed by atoms with E-state index in [0.29, 0.717) is 23.0 Å². The van der Waals surface area contributed by atoms with E-state index < -0.39 is 45.1 Å². The molecule has 8 bridgehead atoms. The number of nitrogens with one attached hydrogen (secondary N) is 2. The molecule has 6 aromatic rings. The van der Waals surface area contributed by atoms with Crippen LogP contribution in [-0.2, 0) is 77.0 Å². The zero-order valence-electron chi connectivity index (χ0n) is 46.5.